The minimum atomic E-state index is 0.277. The van der Waals surface area contributed by atoms with Crippen molar-refractivity contribution >= 4 is 0 Å². The topological polar surface area (TPSA) is 51.4 Å². The molecular formula is C14H23N3O. The van der Waals surface area contributed by atoms with Crippen LogP contribution in [0.5, 0.6) is 0 Å². The molecule has 2 N–H and O–H groups in total. The van der Waals surface area contributed by atoms with Crippen LogP contribution in [0, 0.1) is 0 Å². The van der Waals surface area contributed by atoms with Gasteiger partial charge in [-0.3, -0.25) is 4.98 Å². The first-order chi connectivity index (χ1) is 8.78. The summed E-state index contributed by atoms with van der Waals surface area (Å²) in [6.07, 6.45) is 5.71. The number of likely N-dealkylation sites (N-methyl/N-ethyl adjacent to an activating group) is 1. The third kappa shape index (κ3) is 4.05. The lowest BCUT2D eigenvalue weighted by Gasteiger charge is -2.21. The summed E-state index contributed by atoms with van der Waals surface area (Å²) in [4.78, 5) is 6.65. The molecule has 4 nitrogen and oxygen atoms in total. The minimum Gasteiger partial charge on any atom is -0.372 e. The monoisotopic (exact) mass is 249 g/mol. The van der Waals surface area contributed by atoms with E-state index in [1.54, 1.807) is 0 Å². The van der Waals surface area contributed by atoms with Gasteiger partial charge in [-0.25, -0.2) is 0 Å². The average Bonchev–Trinajstić information content (AvgIpc) is 2.85. The second kappa shape index (κ2) is 6.83. The van der Waals surface area contributed by atoms with Crippen molar-refractivity contribution in [2.45, 2.75) is 31.5 Å². The lowest BCUT2D eigenvalue weighted by Crippen LogP contribution is -2.32. The van der Waals surface area contributed by atoms with Crippen molar-refractivity contribution in [3.05, 3.63) is 30.1 Å². The molecule has 4 heteroatoms. The summed E-state index contributed by atoms with van der Waals surface area (Å²) in [6, 6.07) is 6.06. The molecule has 0 aromatic carbocycles. The second-order valence-electron chi connectivity index (χ2n) is 5.03. The van der Waals surface area contributed by atoms with E-state index in [0.29, 0.717) is 12.6 Å². The normalized spacial score (nSPS) is 23.7. The summed E-state index contributed by atoms with van der Waals surface area (Å²) in [5, 5.41) is 0. The highest BCUT2D eigenvalue weighted by Crippen LogP contribution is 2.19. The molecule has 1 fully saturated rings. The van der Waals surface area contributed by atoms with Crippen molar-refractivity contribution < 1.29 is 4.74 Å². The third-order valence-corrected chi connectivity index (χ3v) is 3.45. The van der Waals surface area contributed by atoms with Crippen molar-refractivity contribution in [2.75, 3.05) is 26.7 Å². The Morgan fingerprint density at radius 3 is 2.89 bits per heavy atom. The fraction of sp³-hybridized carbons (Fsp3) is 0.643. The van der Waals surface area contributed by atoms with Crippen LogP contribution >= 0.6 is 0 Å². The van der Waals surface area contributed by atoms with Crippen LogP contribution in [-0.2, 0) is 11.2 Å². The number of aromatic nitrogens is 1. The SMILES string of the molecule is CN(CCc1ccccn1)CC1CCC(CN)O1. The molecule has 0 radical (unpaired) electrons. The maximum Gasteiger partial charge on any atom is 0.0707 e. The zero-order valence-corrected chi connectivity index (χ0v) is 11.1. The van der Waals surface area contributed by atoms with Gasteiger partial charge in [-0.05, 0) is 32.0 Å². The van der Waals surface area contributed by atoms with Crippen LogP contribution in [0.4, 0.5) is 0 Å². The fourth-order valence-corrected chi connectivity index (χ4v) is 2.38. The summed E-state index contributed by atoms with van der Waals surface area (Å²) < 4.78 is 5.85. The van der Waals surface area contributed by atoms with Gasteiger partial charge in [0.1, 0.15) is 0 Å². The Labute approximate surface area is 109 Å². The molecule has 100 valence electrons. The van der Waals surface area contributed by atoms with Gasteiger partial charge in [0.15, 0.2) is 0 Å². The molecule has 0 amide bonds. The predicted molar refractivity (Wildman–Crippen MR) is 72.4 cm³/mol. The molecule has 1 aromatic heterocycles. The number of pyridine rings is 1. The third-order valence-electron chi connectivity index (χ3n) is 3.45. The predicted octanol–water partition coefficient (Wildman–Crippen LogP) is 1.06. The Morgan fingerprint density at radius 1 is 1.39 bits per heavy atom. The largest absolute Gasteiger partial charge is 0.372 e. The smallest absolute Gasteiger partial charge is 0.0707 e. The summed E-state index contributed by atoms with van der Waals surface area (Å²) >= 11 is 0. The van der Waals surface area contributed by atoms with Gasteiger partial charge in [-0.15, -0.1) is 0 Å². The second-order valence-corrected chi connectivity index (χ2v) is 5.03. The summed E-state index contributed by atoms with van der Waals surface area (Å²) in [5.74, 6) is 0. The minimum absolute atomic E-state index is 0.277. The van der Waals surface area contributed by atoms with Crippen LogP contribution in [0.15, 0.2) is 24.4 Å². The maximum atomic E-state index is 5.85. The van der Waals surface area contributed by atoms with Crippen LogP contribution in [0.2, 0.25) is 0 Å². The molecule has 2 heterocycles. The van der Waals surface area contributed by atoms with Gasteiger partial charge < -0.3 is 15.4 Å². The molecule has 0 spiro atoms. The van der Waals surface area contributed by atoms with Gasteiger partial charge in [0.05, 0.1) is 12.2 Å². The first-order valence-electron chi connectivity index (χ1n) is 6.72. The summed E-state index contributed by atoms with van der Waals surface area (Å²) in [6.45, 7) is 2.65. The zero-order valence-electron chi connectivity index (χ0n) is 11.1. The van der Waals surface area contributed by atoms with Crippen LogP contribution in [0.3, 0.4) is 0 Å². The molecule has 2 atom stereocenters. The van der Waals surface area contributed by atoms with Crippen molar-refractivity contribution in [1.29, 1.82) is 0 Å². The first-order valence-corrected chi connectivity index (χ1v) is 6.72. The number of hydrogen-bond donors (Lipinski definition) is 1. The quantitative estimate of drug-likeness (QED) is 0.819. The van der Waals surface area contributed by atoms with Crippen LogP contribution in [0.25, 0.3) is 0 Å². The average molecular weight is 249 g/mol. The lowest BCUT2D eigenvalue weighted by atomic mass is 10.2. The van der Waals surface area contributed by atoms with Crippen LogP contribution in [0.1, 0.15) is 18.5 Å². The van der Waals surface area contributed by atoms with E-state index in [0.717, 1.165) is 38.0 Å². The Kier molecular flexibility index (Phi) is 5.11. The van der Waals surface area contributed by atoms with E-state index in [1.807, 2.05) is 18.3 Å². The Morgan fingerprint density at radius 2 is 2.22 bits per heavy atom. The molecular weight excluding hydrogens is 226 g/mol. The van der Waals surface area contributed by atoms with E-state index >= 15 is 0 Å². The molecule has 1 saturated heterocycles. The van der Waals surface area contributed by atoms with Gasteiger partial charge >= 0.3 is 0 Å². The van der Waals surface area contributed by atoms with E-state index in [4.69, 9.17) is 10.5 Å². The van der Waals surface area contributed by atoms with E-state index in [-0.39, 0.29) is 6.10 Å². The van der Waals surface area contributed by atoms with Gasteiger partial charge in [0.2, 0.25) is 0 Å². The Bertz CT molecular complexity index is 344. The molecule has 1 aromatic rings. The highest BCUT2D eigenvalue weighted by atomic mass is 16.5. The number of ether oxygens (including phenoxy) is 1. The van der Waals surface area contributed by atoms with Crippen molar-refractivity contribution in [1.82, 2.24) is 9.88 Å². The number of rotatable bonds is 6. The molecule has 1 aliphatic rings. The molecule has 1 aliphatic heterocycles. The standard InChI is InChI=1S/C14H23N3O/c1-17(9-7-12-4-2-3-8-16-12)11-14-6-5-13(10-15)18-14/h2-4,8,13-14H,5-7,9-11,15H2,1H3. The maximum absolute atomic E-state index is 5.85. The van der Waals surface area contributed by atoms with E-state index < -0.39 is 0 Å². The molecule has 0 saturated carbocycles. The number of nitrogens with zero attached hydrogens (tertiary/aromatic N) is 2. The summed E-state index contributed by atoms with van der Waals surface area (Å²) in [5.41, 5.74) is 6.76. The van der Waals surface area contributed by atoms with E-state index in [2.05, 4.69) is 23.0 Å². The molecule has 0 aliphatic carbocycles. The molecule has 18 heavy (non-hydrogen) atoms. The van der Waals surface area contributed by atoms with Gasteiger partial charge in [-0.1, -0.05) is 6.07 Å². The van der Waals surface area contributed by atoms with Crippen molar-refractivity contribution in [2.24, 2.45) is 5.73 Å². The van der Waals surface area contributed by atoms with Gasteiger partial charge in [0, 0.05) is 37.9 Å². The molecule has 2 unspecified atom stereocenters. The van der Waals surface area contributed by atoms with Crippen LogP contribution in [-0.4, -0.2) is 48.8 Å². The van der Waals surface area contributed by atoms with Crippen LogP contribution < -0.4 is 5.73 Å². The Balaban J connectivity index is 1.68. The first kappa shape index (κ1) is 13.5. The molecule has 0 bridgehead atoms. The Hall–Kier alpha value is -0.970. The van der Waals surface area contributed by atoms with Gasteiger partial charge in [0.25, 0.3) is 0 Å². The highest BCUT2D eigenvalue weighted by Gasteiger charge is 2.24. The van der Waals surface area contributed by atoms with Crippen molar-refractivity contribution in [3.63, 3.8) is 0 Å². The number of hydrogen-bond acceptors (Lipinski definition) is 4. The highest BCUT2D eigenvalue weighted by molar-refractivity contribution is 5.03. The van der Waals surface area contributed by atoms with E-state index in [9.17, 15) is 0 Å². The zero-order chi connectivity index (χ0) is 12.8. The molecule has 2 rings (SSSR count). The fourth-order valence-electron chi connectivity index (χ4n) is 2.38. The summed E-state index contributed by atoms with van der Waals surface area (Å²) in [7, 11) is 2.14. The lowest BCUT2D eigenvalue weighted by molar-refractivity contribution is 0.0320. The van der Waals surface area contributed by atoms with E-state index in [1.165, 1.54) is 0 Å². The number of nitrogens with two attached hydrogens (primary N) is 1. The van der Waals surface area contributed by atoms with Gasteiger partial charge in [-0.2, -0.15) is 0 Å². The van der Waals surface area contributed by atoms with Crippen molar-refractivity contribution in [3.8, 4) is 0 Å².